The summed E-state index contributed by atoms with van der Waals surface area (Å²) in [5.41, 5.74) is 8.11. The molecule has 2 fully saturated rings. The van der Waals surface area contributed by atoms with E-state index in [9.17, 15) is 0 Å². The van der Waals surface area contributed by atoms with Gasteiger partial charge in [-0.3, -0.25) is 0 Å². The van der Waals surface area contributed by atoms with Crippen LogP contribution in [0, 0.1) is 0 Å². The summed E-state index contributed by atoms with van der Waals surface area (Å²) < 4.78 is 2.12. The third-order valence-electron chi connectivity index (χ3n) is 4.36. The molecule has 0 atom stereocenters. The first kappa shape index (κ1) is 12.1. The Balaban J connectivity index is 1.68. The molecule has 1 saturated heterocycles. The molecule has 2 heterocycles. The Labute approximate surface area is 108 Å². The molecule has 18 heavy (non-hydrogen) atoms. The topological polar surface area (TPSA) is 60.0 Å². The molecule has 1 aliphatic carbocycles. The fourth-order valence-corrected chi connectivity index (χ4v) is 3.04. The van der Waals surface area contributed by atoms with Crippen molar-refractivity contribution >= 4 is 0 Å². The van der Waals surface area contributed by atoms with E-state index in [2.05, 4.69) is 19.9 Å². The molecule has 3 rings (SSSR count). The molecule has 5 nitrogen and oxygen atoms in total. The van der Waals surface area contributed by atoms with Crippen molar-refractivity contribution in [3.05, 3.63) is 11.4 Å². The van der Waals surface area contributed by atoms with Crippen LogP contribution in [0.25, 0.3) is 0 Å². The zero-order chi connectivity index (χ0) is 12.4. The standard InChI is InChI=1S/C13H23N5/c14-10-12-13(11-4-3-5-11)18(16-15-12)9-8-17-6-1-2-7-17/h11H,1-10,14H2. The maximum absolute atomic E-state index is 5.77. The van der Waals surface area contributed by atoms with Gasteiger partial charge in [0.2, 0.25) is 0 Å². The Hall–Kier alpha value is -0.940. The summed E-state index contributed by atoms with van der Waals surface area (Å²) in [4.78, 5) is 2.52. The number of rotatable bonds is 5. The van der Waals surface area contributed by atoms with Crippen LogP contribution in [0.15, 0.2) is 0 Å². The van der Waals surface area contributed by atoms with Crippen LogP contribution in [0.1, 0.15) is 49.4 Å². The van der Waals surface area contributed by atoms with Gasteiger partial charge < -0.3 is 10.6 Å². The predicted molar refractivity (Wildman–Crippen MR) is 70.2 cm³/mol. The van der Waals surface area contributed by atoms with Crippen LogP contribution in [0.3, 0.4) is 0 Å². The lowest BCUT2D eigenvalue weighted by molar-refractivity contribution is 0.303. The number of hydrogen-bond donors (Lipinski definition) is 1. The van der Waals surface area contributed by atoms with E-state index in [0.717, 1.165) is 18.8 Å². The minimum absolute atomic E-state index is 0.523. The maximum Gasteiger partial charge on any atom is 0.0997 e. The normalized spacial score (nSPS) is 21.4. The third-order valence-corrected chi connectivity index (χ3v) is 4.36. The number of hydrogen-bond acceptors (Lipinski definition) is 4. The molecule has 2 aliphatic rings. The van der Waals surface area contributed by atoms with Gasteiger partial charge in [-0.2, -0.15) is 0 Å². The molecule has 5 heteroatoms. The van der Waals surface area contributed by atoms with Crippen molar-refractivity contribution in [2.45, 2.75) is 51.1 Å². The van der Waals surface area contributed by atoms with Gasteiger partial charge in [-0.1, -0.05) is 11.6 Å². The van der Waals surface area contributed by atoms with Gasteiger partial charge in [0.25, 0.3) is 0 Å². The van der Waals surface area contributed by atoms with Crippen molar-refractivity contribution in [2.24, 2.45) is 5.73 Å². The first-order valence-corrected chi connectivity index (χ1v) is 7.23. The van der Waals surface area contributed by atoms with Crippen molar-refractivity contribution in [3.8, 4) is 0 Å². The second-order valence-electron chi connectivity index (χ2n) is 5.53. The number of nitrogens with two attached hydrogens (primary N) is 1. The fraction of sp³-hybridized carbons (Fsp3) is 0.846. The van der Waals surface area contributed by atoms with E-state index in [1.165, 1.54) is 50.9 Å². The van der Waals surface area contributed by atoms with Crippen LogP contribution >= 0.6 is 0 Å². The Morgan fingerprint density at radius 2 is 1.89 bits per heavy atom. The summed E-state index contributed by atoms with van der Waals surface area (Å²) in [6, 6.07) is 0. The van der Waals surface area contributed by atoms with Gasteiger partial charge in [-0.15, -0.1) is 5.10 Å². The molecule has 0 unspecified atom stereocenters. The Bertz CT molecular complexity index is 390. The van der Waals surface area contributed by atoms with Crippen molar-refractivity contribution in [1.82, 2.24) is 19.9 Å². The molecule has 1 aliphatic heterocycles. The monoisotopic (exact) mass is 249 g/mol. The molecular formula is C13H23N5. The maximum atomic E-state index is 5.77. The van der Waals surface area contributed by atoms with Crippen molar-refractivity contribution < 1.29 is 0 Å². The van der Waals surface area contributed by atoms with Gasteiger partial charge >= 0.3 is 0 Å². The summed E-state index contributed by atoms with van der Waals surface area (Å²) in [6.07, 6.45) is 6.60. The Morgan fingerprint density at radius 3 is 2.50 bits per heavy atom. The van der Waals surface area contributed by atoms with Crippen LogP contribution in [0.5, 0.6) is 0 Å². The highest BCUT2D eigenvalue weighted by Gasteiger charge is 2.27. The second kappa shape index (κ2) is 5.36. The van der Waals surface area contributed by atoms with Gasteiger partial charge in [0.1, 0.15) is 0 Å². The number of likely N-dealkylation sites (tertiary alicyclic amines) is 1. The van der Waals surface area contributed by atoms with Crippen LogP contribution in [-0.2, 0) is 13.1 Å². The summed E-state index contributed by atoms with van der Waals surface area (Å²) in [5, 5.41) is 8.56. The van der Waals surface area contributed by atoms with Crippen molar-refractivity contribution in [2.75, 3.05) is 19.6 Å². The van der Waals surface area contributed by atoms with Crippen LogP contribution in [0.4, 0.5) is 0 Å². The van der Waals surface area contributed by atoms with Gasteiger partial charge in [-0.25, -0.2) is 4.68 Å². The van der Waals surface area contributed by atoms with Crippen LogP contribution in [-0.4, -0.2) is 39.5 Å². The second-order valence-corrected chi connectivity index (χ2v) is 5.53. The van der Waals surface area contributed by atoms with E-state index in [1.54, 1.807) is 0 Å². The SMILES string of the molecule is NCc1nnn(CCN2CCCC2)c1C1CCC1. The molecule has 0 radical (unpaired) electrons. The van der Waals surface area contributed by atoms with Gasteiger partial charge in [0.05, 0.1) is 17.9 Å². The fourth-order valence-electron chi connectivity index (χ4n) is 3.04. The van der Waals surface area contributed by atoms with Crippen LogP contribution in [0.2, 0.25) is 0 Å². The molecule has 0 amide bonds. The lowest BCUT2D eigenvalue weighted by Crippen LogP contribution is -2.26. The molecular weight excluding hydrogens is 226 g/mol. The Morgan fingerprint density at radius 1 is 1.11 bits per heavy atom. The van der Waals surface area contributed by atoms with E-state index in [4.69, 9.17) is 5.73 Å². The van der Waals surface area contributed by atoms with E-state index in [1.807, 2.05) is 0 Å². The molecule has 1 aromatic rings. The van der Waals surface area contributed by atoms with Crippen molar-refractivity contribution in [3.63, 3.8) is 0 Å². The highest BCUT2D eigenvalue weighted by atomic mass is 15.4. The minimum Gasteiger partial charge on any atom is -0.325 e. The van der Waals surface area contributed by atoms with Crippen molar-refractivity contribution in [1.29, 1.82) is 0 Å². The summed E-state index contributed by atoms with van der Waals surface area (Å²) >= 11 is 0. The lowest BCUT2D eigenvalue weighted by Gasteiger charge is -2.27. The molecule has 100 valence electrons. The molecule has 1 saturated carbocycles. The smallest absolute Gasteiger partial charge is 0.0997 e. The summed E-state index contributed by atoms with van der Waals surface area (Å²) in [5.74, 6) is 0.664. The Kier molecular flexibility index (Phi) is 3.61. The summed E-state index contributed by atoms with van der Waals surface area (Å²) in [6.45, 7) is 5.09. The van der Waals surface area contributed by atoms with E-state index < -0.39 is 0 Å². The number of aromatic nitrogens is 3. The van der Waals surface area contributed by atoms with Crippen LogP contribution < -0.4 is 5.73 Å². The average molecular weight is 249 g/mol. The number of nitrogens with zero attached hydrogens (tertiary/aromatic N) is 4. The first-order valence-electron chi connectivity index (χ1n) is 7.23. The average Bonchev–Trinajstić information content (AvgIpc) is 2.93. The quantitative estimate of drug-likeness (QED) is 0.849. The largest absolute Gasteiger partial charge is 0.325 e. The van der Waals surface area contributed by atoms with Gasteiger partial charge in [-0.05, 0) is 38.8 Å². The lowest BCUT2D eigenvalue weighted by atomic mass is 9.82. The van der Waals surface area contributed by atoms with Gasteiger partial charge in [0.15, 0.2) is 0 Å². The molecule has 0 bridgehead atoms. The van der Waals surface area contributed by atoms with E-state index >= 15 is 0 Å². The van der Waals surface area contributed by atoms with E-state index in [0.29, 0.717) is 12.5 Å². The van der Waals surface area contributed by atoms with Gasteiger partial charge in [0, 0.05) is 19.0 Å². The minimum atomic E-state index is 0.523. The van der Waals surface area contributed by atoms with E-state index in [-0.39, 0.29) is 0 Å². The highest BCUT2D eigenvalue weighted by molar-refractivity contribution is 5.17. The molecule has 0 spiro atoms. The predicted octanol–water partition coefficient (Wildman–Crippen LogP) is 1.10. The third kappa shape index (κ3) is 2.29. The summed E-state index contributed by atoms with van der Waals surface area (Å²) in [7, 11) is 0. The highest BCUT2D eigenvalue weighted by Crippen LogP contribution is 2.37. The zero-order valence-electron chi connectivity index (χ0n) is 11.0. The molecule has 1 aromatic heterocycles. The zero-order valence-corrected chi connectivity index (χ0v) is 11.0. The molecule has 0 aromatic carbocycles. The first-order chi connectivity index (χ1) is 8.88. The molecule has 2 N–H and O–H groups in total.